The Kier molecular flexibility index (Phi) is 5.46. The summed E-state index contributed by atoms with van der Waals surface area (Å²) in [6.45, 7) is 5.13. The van der Waals surface area contributed by atoms with Gasteiger partial charge < -0.3 is 19.6 Å². The maximum Gasteiger partial charge on any atom is 0.348 e. The molecule has 0 spiro atoms. The minimum atomic E-state index is -0.877. The number of carbonyl (C=O) groups is 2. The minimum Gasteiger partial charge on any atom is -0.507 e. The highest BCUT2D eigenvalue weighted by Gasteiger charge is 2.23. The first-order valence-electron chi connectivity index (χ1n) is 8.52. The number of phenols is 1. The zero-order valence-corrected chi connectivity index (χ0v) is 16.3. The molecule has 1 aromatic carbocycles. The molecule has 0 radical (unpaired) electrons. The number of para-hydroxylation sites is 1. The van der Waals surface area contributed by atoms with Crippen LogP contribution in [-0.4, -0.2) is 33.6 Å². The normalized spacial score (nSPS) is 12.0. The fourth-order valence-electron chi connectivity index (χ4n) is 2.67. The fraction of sp³-hybridized carbons (Fsp3) is 0.263. The fourth-order valence-corrected chi connectivity index (χ4v) is 3.75. The molecule has 0 bridgehead atoms. The van der Waals surface area contributed by atoms with Crippen molar-refractivity contribution in [2.45, 2.75) is 26.9 Å². The molecule has 3 rings (SSSR count). The first-order valence-corrected chi connectivity index (χ1v) is 9.34. The number of aryl methyl sites for hydroxylation is 1. The van der Waals surface area contributed by atoms with Crippen LogP contribution in [0.2, 0.25) is 0 Å². The van der Waals surface area contributed by atoms with E-state index in [4.69, 9.17) is 9.47 Å². The average molecular weight is 402 g/mol. The van der Waals surface area contributed by atoms with Crippen LogP contribution < -0.4 is 5.56 Å². The highest BCUT2D eigenvalue weighted by molar-refractivity contribution is 7.20. The minimum absolute atomic E-state index is 0.00865. The van der Waals surface area contributed by atoms with Gasteiger partial charge in [-0.1, -0.05) is 12.1 Å². The quantitative estimate of drug-likeness (QED) is 0.630. The van der Waals surface area contributed by atoms with Crippen LogP contribution in [0.25, 0.3) is 10.2 Å². The Labute approximate surface area is 163 Å². The standard InChI is InChI=1S/C19H18N2O6S/c1-4-26-19(25)14-9(2)13-16(23)20-15(21-17(13)28-14)10(3)27-18(24)11-7-5-6-8-12(11)22/h5-8,10,22H,4H2,1-3H3,(H,20,21,23)/t10-/m1/s1. The van der Waals surface area contributed by atoms with Crippen molar-refractivity contribution in [3.8, 4) is 5.75 Å². The molecule has 0 unspecified atom stereocenters. The molecule has 0 aliphatic rings. The molecule has 0 amide bonds. The van der Waals surface area contributed by atoms with Crippen molar-refractivity contribution in [3.63, 3.8) is 0 Å². The summed E-state index contributed by atoms with van der Waals surface area (Å²) in [5.41, 5.74) is 0.0710. The van der Waals surface area contributed by atoms with E-state index in [0.29, 0.717) is 20.7 Å². The summed E-state index contributed by atoms with van der Waals surface area (Å²) in [6.07, 6.45) is -0.877. The number of aromatic amines is 1. The number of benzene rings is 1. The number of H-pyrrole nitrogens is 1. The third-order valence-corrected chi connectivity index (χ3v) is 5.24. The molecule has 0 aliphatic carbocycles. The van der Waals surface area contributed by atoms with E-state index in [1.54, 1.807) is 32.9 Å². The summed E-state index contributed by atoms with van der Waals surface area (Å²) in [7, 11) is 0. The Hall–Kier alpha value is -3.20. The number of aromatic nitrogens is 2. The Bertz CT molecular complexity index is 1120. The third kappa shape index (κ3) is 3.61. The van der Waals surface area contributed by atoms with E-state index in [1.165, 1.54) is 12.1 Å². The molecule has 0 fully saturated rings. The van der Waals surface area contributed by atoms with Crippen molar-refractivity contribution >= 4 is 33.5 Å². The lowest BCUT2D eigenvalue weighted by Crippen LogP contribution is -2.17. The molecule has 3 aromatic rings. The van der Waals surface area contributed by atoms with Gasteiger partial charge in [0.2, 0.25) is 0 Å². The van der Waals surface area contributed by atoms with E-state index in [-0.39, 0.29) is 23.7 Å². The molecule has 0 saturated carbocycles. The van der Waals surface area contributed by atoms with Gasteiger partial charge in [-0.05, 0) is 38.5 Å². The summed E-state index contributed by atoms with van der Waals surface area (Å²) < 4.78 is 10.3. The molecule has 0 aliphatic heterocycles. The van der Waals surface area contributed by atoms with Crippen LogP contribution in [-0.2, 0) is 9.47 Å². The Morgan fingerprint density at radius 3 is 2.68 bits per heavy atom. The molecular weight excluding hydrogens is 384 g/mol. The number of hydrogen-bond acceptors (Lipinski definition) is 8. The number of aromatic hydroxyl groups is 1. The number of carbonyl (C=O) groups excluding carboxylic acids is 2. The number of nitrogens with one attached hydrogen (secondary N) is 1. The lowest BCUT2D eigenvalue weighted by molar-refractivity contribution is 0.0316. The van der Waals surface area contributed by atoms with Gasteiger partial charge in [0.15, 0.2) is 11.9 Å². The molecule has 1 atom stereocenters. The summed E-state index contributed by atoms with van der Waals surface area (Å²) >= 11 is 1.05. The van der Waals surface area contributed by atoms with Crippen LogP contribution in [0.4, 0.5) is 0 Å². The number of nitrogens with zero attached hydrogens (tertiary/aromatic N) is 1. The number of fused-ring (bicyclic) bond motifs is 1. The van der Waals surface area contributed by atoms with Gasteiger partial charge >= 0.3 is 11.9 Å². The van der Waals surface area contributed by atoms with Crippen molar-refractivity contribution < 1.29 is 24.2 Å². The summed E-state index contributed by atoms with van der Waals surface area (Å²) in [5.74, 6) is -1.33. The summed E-state index contributed by atoms with van der Waals surface area (Å²) in [6, 6.07) is 5.98. The van der Waals surface area contributed by atoms with Gasteiger partial charge in [0.1, 0.15) is 21.0 Å². The van der Waals surface area contributed by atoms with Crippen molar-refractivity contribution in [1.82, 2.24) is 9.97 Å². The van der Waals surface area contributed by atoms with E-state index >= 15 is 0 Å². The zero-order valence-electron chi connectivity index (χ0n) is 15.4. The first kappa shape index (κ1) is 19.6. The van der Waals surface area contributed by atoms with Crippen molar-refractivity contribution in [2.75, 3.05) is 6.61 Å². The number of rotatable bonds is 5. The molecular formula is C19H18N2O6S. The lowest BCUT2D eigenvalue weighted by atomic mass is 10.2. The Balaban J connectivity index is 1.93. The molecule has 28 heavy (non-hydrogen) atoms. The van der Waals surface area contributed by atoms with Gasteiger partial charge in [0.25, 0.3) is 5.56 Å². The molecule has 2 aromatic heterocycles. The number of phenolic OH excluding ortho intramolecular Hbond substituents is 1. The molecule has 9 heteroatoms. The molecule has 0 saturated heterocycles. The SMILES string of the molecule is CCOC(=O)c1sc2nc([C@@H](C)OC(=O)c3ccccc3O)[nH]c(=O)c2c1C. The van der Waals surface area contributed by atoms with Crippen molar-refractivity contribution in [2.24, 2.45) is 0 Å². The van der Waals surface area contributed by atoms with E-state index in [1.807, 2.05) is 0 Å². The highest BCUT2D eigenvalue weighted by atomic mass is 32.1. The van der Waals surface area contributed by atoms with Crippen LogP contribution in [0.15, 0.2) is 29.1 Å². The predicted octanol–water partition coefficient (Wildman–Crippen LogP) is 3.09. The number of ether oxygens (including phenoxy) is 2. The number of hydrogen-bond donors (Lipinski definition) is 2. The third-order valence-electron chi connectivity index (χ3n) is 4.07. The molecule has 146 valence electrons. The van der Waals surface area contributed by atoms with Crippen molar-refractivity contribution in [1.29, 1.82) is 0 Å². The molecule has 2 N–H and O–H groups in total. The molecule has 8 nitrogen and oxygen atoms in total. The van der Waals surface area contributed by atoms with Crippen LogP contribution in [0.1, 0.15) is 51.4 Å². The maximum atomic E-state index is 12.5. The van der Waals surface area contributed by atoms with E-state index in [9.17, 15) is 19.5 Å². The second kappa shape index (κ2) is 7.81. The average Bonchev–Trinajstić information content (AvgIpc) is 2.99. The number of esters is 2. The van der Waals surface area contributed by atoms with Crippen LogP contribution in [0.3, 0.4) is 0 Å². The second-order valence-electron chi connectivity index (χ2n) is 5.97. The number of thiophene rings is 1. The topological polar surface area (TPSA) is 119 Å². The summed E-state index contributed by atoms with van der Waals surface area (Å²) in [4.78, 5) is 44.4. The van der Waals surface area contributed by atoms with Crippen LogP contribution in [0.5, 0.6) is 5.75 Å². The second-order valence-corrected chi connectivity index (χ2v) is 6.97. The van der Waals surface area contributed by atoms with Gasteiger partial charge in [-0.15, -0.1) is 11.3 Å². The predicted molar refractivity (Wildman–Crippen MR) is 103 cm³/mol. The smallest absolute Gasteiger partial charge is 0.348 e. The monoisotopic (exact) mass is 402 g/mol. The zero-order chi connectivity index (χ0) is 20.4. The van der Waals surface area contributed by atoms with Gasteiger partial charge in [0, 0.05) is 0 Å². The van der Waals surface area contributed by atoms with Crippen LogP contribution >= 0.6 is 11.3 Å². The van der Waals surface area contributed by atoms with E-state index in [2.05, 4.69) is 9.97 Å². The van der Waals surface area contributed by atoms with Gasteiger partial charge in [-0.3, -0.25) is 4.79 Å². The lowest BCUT2D eigenvalue weighted by Gasteiger charge is -2.13. The summed E-state index contributed by atoms with van der Waals surface area (Å²) in [5, 5.41) is 10.1. The largest absolute Gasteiger partial charge is 0.507 e. The molecule has 2 heterocycles. The van der Waals surface area contributed by atoms with Gasteiger partial charge in [0.05, 0.1) is 12.0 Å². The van der Waals surface area contributed by atoms with E-state index in [0.717, 1.165) is 11.3 Å². The van der Waals surface area contributed by atoms with Crippen molar-refractivity contribution in [3.05, 3.63) is 56.4 Å². The van der Waals surface area contributed by atoms with E-state index < -0.39 is 23.6 Å². The first-order chi connectivity index (χ1) is 13.3. The van der Waals surface area contributed by atoms with Gasteiger partial charge in [-0.25, -0.2) is 14.6 Å². The Morgan fingerprint density at radius 1 is 1.29 bits per heavy atom. The highest BCUT2D eigenvalue weighted by Crippen LogP contribution is 2.29. The maximum absolute atomic E-state index is 12.5. The van der Waals surface area contributed by atoms with Crippen LogP contribution in [0, 0.1) is 6.92 Å². The van der Waals surface area contributed by atoms with Gasteiger partial charge in [-0.2, -0.15) is 0 Å². The Morgan fingerprint density at radius 2 is 2.00 bits per heavy atom.